The van der Waals surface area contributed by atoms with Crippen molar-refractivity contribution in [1.29, 1.82) is 0 Å². The molecule has 0 spiro atoms. The molecule has 2 aromatic rings. The van der Waals surface area contributed by atoms with Crippen LogP contribution in [0.25, 0.3) is 0 Å². The Bertz CT molecular complexity index is 659. The Morgan fingerprint density at radius 1 is 1.41 bits per heavy atom. The summed E-state index contributed by atoms with van der Waals surface area (Å²) in [7, 11) is 0. The summed E-state index contributed by atoms with van der Waals surface area (Å²) in [4.78, 5) is 22.9. The number of rotatable bonds is 3. The van der Waals surface area contributed by atoms with E-state index < -0.39 is 0 Å². The molecule has 1 fully saturated rings. The van der Waals surface area contributed by atoms with Crippen LogP contribution in [-0.2, 0) is 29.2 Å². The molecule has 1 unspecified atom stereocenters. The van der Waals surface area contributed by atoms with Gasteiger partial charge in [-0.05, 0) is 6.42 Å². The van der Waals surface area contributed by atoms with Crippen LogP contribution in [0.1, 0.15) is 17.9 Å². The molecular formula is C14H18N6O2. The van der Waals surface area contributed by atoms with Gasteiger partial charge in [0.15, 0.2) is 0 Å². The molecule has 2 aliphatic heterocycles. The number of hydrogen-bond donors (Lipinski definition) is 0. The highest BCUT2D eigenvalue weighted by Crippen LogP contribution is 2.20. The zero-order valence-corrected chi connectivity index (χ0v) is 12.3. The smallest absolute Gasteiger partial charge is 0.228 e. The molecule has 0 bridgehead atoms. The number of ether oxygens (including phenoxy) is 1. The largest absolute Gasteiger partial charge is 0.381 e. The fourth-order valence-electron chi connectivity index (χ4n) is 3.04. The van der Waals surface area contributed by atoms with Gasteiger partial charge in [0.05, 0.1) is 31.3 Å². The minimum absolute atomic E-state index is 0.0242. The van der Waals surface area contributed by atoms with Crippen molar-refractivity contribution in [2.24, 2.45) is 5.92 Å². The zero-order valence-electron chi connectivity index (χ0n) is 12.3. The van der Waals surface area contributed by atoms with Crippen LogP contribution in [0.3, 0.4) is 0 Å². The number of imidazole rings is 1. The van der Waals surface area contributed by atoms with E-state index in [9.17, 15) is 4.79 Å². The number of carbonyl (C=O) groups is 1. The monoisotopic (exact) mass is 302 g/mol. The lowest BCUT2D eigenvalue weighted by Crippen LogP contribution is -2.41. The van der Waals surface area contributed by atoms with Gasteiger partial charge in [-0.3, -0.25) is 4.79 Å². The SMILES string of the molecule is O=C(C1CCOC1)N1CCn2cc(Cn3cncn3)nc2C1. The van der Waals surface area contributed by atoms with E-state index in [1.165, 1.54) is 6.33 Å². The van der Waals surface area contributed by atoms with Crippen molar-refractivity contribution in [2.75, 3.05) is 19.8 Å². The summed E-state index contributed by atoms with van der Waals surface area (Å²) in [5.74, 6) is 1.16. The maximum Gasteiger partial charge on any atom is 0.228 e. The minimum Gasteiger partial charge on any atom is -0.381 e. The molecule has 22 heavy (non-hydrogen) atoms. The van der Waals surface area contributed by atoms with Gasteiger partial charge in [0.2, 0.25) is 5.91 Å². The van der Waals surface area contributed by atoms with Crippen molar-refractivity contribution in [2.45, 2.75) is 26.1 Å². The minimum atomic E-state index is 0.0242. The summed E-state index contributed by atoms with van der Waals surface area (Å²) in [6, 6.07) is 0. The van der Waals surface area contributed by atoms with Crippen molar-refractivity contribution < 1.29 is 9.53 Å². The van der Waals surface area contributed by atoms with Crippen LogP contribution in [0.5, 0.6) is 0 Å². The van der Waals surface area contributed by atoms with E-state index >= 15 is 0 Å². The fourth-order valence-corrected chi connectivity index (χ4v) is 3.04. The quantitative estimate of drug-likeness (QED) is 0.791. The van der Waals surface area contributed by atoms with E-state index in [0.717, 1.165) is 31.0 Å². The molecule has 0 aliphatic carbocycles. The number of amides is 1. The molecule has 2 aromatic heterocycles. The van der Waals surface area contributed by atoms with Crippen LogP contribution >= 0.6 is 0 Å². The lowest BCUT2D eigenvalue weighted by atomic mass is 10.1. The molecule has 1 atom stereocenters. The predicted molar refractivity (Wildman–Crippen MR) is 75.7 cm³/mol. The number of aromatic nitrogens is 5. The highest BCUT2D eigenvalue weighted by Gasteiger charge is 2.30. The second-order valence-electron chi connectivity index (χ2n) is 5.76. The molecule has 1 saturated heterocycles. The van der Waals surface area contributed by atoms with Crippen LogP contribution < -0.4 is 0 Å². The van der Waals surface area contributed by atoms with Crippen molar-refractivity contribution in [3.05, 3.63) is 30.4 Å². The summed E-state index contributed by atoms with van der Waals surface area (Å²) in [6.45, 7) is 3.96. The molecule has 4 heterocycles. The second-order valence-corrected chi connectivity index (χ2v) is 5.76. The first-order valence-corrected chi connectivity index (χ1v) is 7.53. The molecule has 8 nitrogen and oxygen atoms in total. The third kappa shape index (κ3) is 2.50. The molecular weight excluding hydrogens is 284 g/mol. The van der Waals surface area contributed by atoms with Gasteiger partial charge < -0.3 is 14.2 Å². The van der Waals surface area contributed by atoms with Gasteiger partial charge in [-0.25, -0.2) is 14.6 Å². The predicted octanol–water partition coefficient (Wildman–Crippen LogP) is -0.0984. The third-order valence-electron chi connectivity index (χ3n) is 4.23. The van der Waals surface area contributed by atoms with Crippen molar-refractivity contribution in [3.63, 3.8) is 0 Å². The average Bonchev–Trinajstić information content (AvgIpc) is 3.27. The Balaban J connectivity index is 1.46. The standard InChI is InChI=1S/C14H18N6O2/c21-14(11-1-4-22-8-11)19-3-2-18-5-12(17-13(18)7-19)6-20-10-15-9-16-20/h5,9-11H,1-4,6-8H2. The summed E-state index contributed by atoms with van der Waals surface area (Å²) in [5, 5.41) is 4.09. The molecule has 116 valence electrons. The third-order valence-corrected chi connectivity index (χ3v) is 4.23. The summed E-state index contributed by atoms with van der Waals surface area (Å²) in [5.41, 5.74) is 0.944. The van der Waals surface area contributed by atoms with E-state index in [2.05, 4.69) is 19.6 Å². The maximum atomic E-state index is 12.5. The number of fused-ring (bicyclic) bond motifs is 1. The van der Waals surface area contributed by atoms with E-state index in [1.807, 2.05) is 11.1 Å². The van der Waals surface area contributed by atoms with Gasteiger partial charge in [-0.1, -0.05) is 0 Å². The van der Waals surface area contributed by atoms with Gasteiger partial charge in [0.25, 0.3) is 0 Å². The Kier molecular flexibility index (Phi) is 3.38. The van der Waals surface area contributed by atoms with E-state index in [1.54, 1.807) is 11.0 Å². The molecule has 8 heteroatoms. The Labute approximate surface area is 127 Å². The van der Waals surface area contributed by atoms with E-state index in [0.29, 0.717) is 26.3 Å². The lowest BCUT2D eigenvalue weighted by molar-refractivity contribution is -0.137. The van der Waals surface area contributed by atoms with Gasteiger partial charge in [0, 0.05) is 25.9 Å². The van der Waals surface area contributed by atoms with E-state index in [-0.39, 0.29) is 11.8 Å². The van der Waals surface area contributed by atoms with Crippen molar-refractivity contribution in [1.82, 2.24) is 29.2 Å². The van der Waals surface area contributed by atoms with Crippen LogP contribution in [-0.4, -0.2) is 54.9 Å². The Morgan fingerprint density at radius 3 is 3.14 bits per heavy atom. The van der Waals surface area contributed by atoms with Crippen LogP contribution in [0.2, 0.25) is 0 Å². The van der Waals surface area contributed by atoms with Gasteiger partial charge in [-0.2, -0.15) is 5.10 Å². The molecule has 0 aromatic carbocycles. The van der Waals surface area contributed by atoms with Crippen LogP contribution in [0.4, 0.5) is 0 Å². The first-order valence-electron chi connectivity index (χ1n) is 7.53. The van der Waals surface area contributed by atoms with Crippen molar-refractivity contribution >= 4 is 5.91 Å². The number of carbonyl (C=O) groups excluding carboxylic acids is 1. The maximum absolute atomic E-state index is 12.5. The second kappa shape index (κ2) is 5.53. The number of hydrogen-bond acceptors (Lipinski definition) is 5. The molecule has 0 radical (unpaired) electrons. The Morgan fingerprint density at radius 2 is 2.36 bits per heavy atom. The first kappa shape index (κ1) is 13.4. The topological polar surface area (TPSA) is 78.1 Å². The number of nitrogens with zero attached hydrogens (tertiary/aromatic N) is 6. The zero-order chi connectivity index (χ0) is 14.9. The summed E-state index contributed by atoms with van der Waals surface area (Å²) in [6.07, 6.45) is 6.06. The van der Waals surface area contributed by atoms with Gasteiger partial charge in [0.1, 0.15) is 18.5 Å². The average molecular weight is 302 g/mol. The normalized spacial score (nSPS) is 21.1. The first-order chi connectivity index (χ1) is 10.8. The van der Waals surface area contributed by atoms with Gasteiger partial charge in [-0.15, -0.1) is 0 Å². The Hall–Kier alpha value is -2.22. The van der Waals surface area contributed by atoms with E-state index in [4.69, 9.17) is 4.74 Å². The molecule has 0 saturated carbocycles. The summed E-state index contributed by atoms with van der Waals surface area (Å²) >= 11 is 0. The molecule has 1 amide bonds. The molecule has 0 N–H and O–H groups in total. The summed E-state index contributed by atoms with van der Waals surface area (Å²) < 4.78 is 9.19. The molecule has 4 rings (SSSR count). The van der Waals surface area contributed by atoms with Crippen LogP contribution in [0, 0.1) is 5.92 Å². The molecule has 2 aliphatic rings. The van der Waals surface area contributed by atoms with Gasteiger partial charge >= 0.3 is 0 Å². The van der Waals surface area contributed by atoms with Crippen LogP contribution in [0.15, 0.2) is 18.9 Å². The highest BCUT2D eigenvalue weighted by molar-refractivity contribution is 5.79. The van der Waals surface area contributed by atoms with Crippen molar-refractivity contribution in [3.8, 4) is 0 Å². The fraction of sp³-hybridized carbons (Fsp3) is 0.571. The highest BCUT2D eigenvalue weighted by atomic mass is 16.5. The lowest BCUT2D eigenvalue weighted by Gasteiger charge is -2.29.